The molecule has 7 nitrogen and oxygen atoms in total. The van der Waals surface area contributed by atoms with Crippen molar-refractivity contribution in [2.24, 2.45) is 0 Å². The first-order valence-electron chi connectivity index (χ1n) is 5.75. The molecule has 7 heteroatoms. The number of carbonyl (C=O) groups excluding carboxylic acids is 1. The first-order valence-corrected chi connectivity index (χ1v) is 5.75. The van der Waals surface area contributed by atoms with E-state index < -0.39 is 17.9 Å². The summed E-state index contributed by atoms with van der Waals surface area (Å²) in [6.07, 6.45) is 0. The van der Waals surface area contributed by atoms with E-state index in [1.807, 2.05) is 0 Å². The highest BCUT2D eigenvalue weighted by Crippen LogP contribution is 2.14. The summed E-state index contributed by atoms with van der Waals surface area (Å²) < 4.78 is 4.93. The molecule has 0 bridgehead atoms. The average molecular weight is 281 g/mol. The van der Waals surface area contributed by atoms with E-state index in [2.05, 4.69) is 0 Å². The quantitative estimate of drug-likeness (QED) is 0.743. The van der Waals surface area contributed by atoms with Crippen LogP contribution < -0.4 is 0 Å². The number of esters is 1. The van der Waals surface area contributed by atoms with Gasteiger partial charge in [0.25, 0.3) is 0 Å². The summed E-state index contributed by atoms with van der Waals surface area (Å²) in [5.74, 6) is -3.42. The molecule has 0 aliphatic rings. The number of benzene rings is 1. The van der Waals surface area contributed by atoms with Crippen LogP contribution in [0.2, 0.25) is 0 Å². The number of carboxylic acids is 2. The molecular formula is C13H15NO6. The van der Waals surface area contributed by atoms with Crippen LogP contribution in [0.15, 0.2) is 18.2 Å². The fourth-order valence-electron chi connectivity index (χ4n) is 1.43. The van der Waals surface area contributed by atoms with Gasteiger partial charge in [0, 0.05) is 6.54 Å². The molecule has 0 amide bonds. The van der Waals surface area contributed by atoms with Gasteiger partial charge in [-0.2, -0.15) is 0 Å². The van der Waals surface area contributed by atoms with Crippen molar-refractivity contribution in [3.05, 3.63) is 34.9 Å². The van der Waals surface area contributed by atoms with Crippen LogP contribution >= 0.6 is 0 Å². The van der Waals surface area contributed by atoms with Crippen LogP contribution in [-0.4, -0.2) is 60.3 Å². The SMILES string of the molecule is CN(C)CCOC(=O)c1cc(C(=O)O)ccc1C(=O)O. The zero-order chi connectivity index (χ0) is 15.3. The van der Waals surface area contributed by atoms with Crippen LogP contribution in [0.3, 0.4) is 0 Å². The fourth-order valence-corrected chi connectivity index (χ4v) is 1.43. The van der Waals surface area contributed by atoms with Gasteiger partial charge in [-0.1, -0.05) is 0 Å². The number of nitrogens with zero attached hydrogens (tertiary/aromatic N) is 1. The second kappa shape index (κ2) is 6.67. The van der Waals surface area contributed by atoms with Crippen molar-refractivity contribution < 1.29 is 29.3 Å². The standard InChI is InChI=1S/C13H15NO6/c1-14(2)5-6-20-13(19)10-7-8(11(15)16)3-4-9(10)12(17)18/h3-4,7H,5-6H2,1-2H3,(H,15,16)(H,17,18). The molecule has 0 saturated carbocycles. The van der Waals surface area contributed by atoms with Crippen molar-refractivity contribution in [1.82, 2.24) is 4.90 Å². The molecule has 0 saturated heterocycles. The predicted molar refractivity (Wildman–Crippen MR) is 69.2 cm³/mol. The number of aromatic carboxylic acids is 2. The van der Waals surface area contributed by atoms with Gasteiger partial charge in [-0.3, -0.25) is 0 Å². The minimum absolute atomic E-state index is 0.0855. The fraction of sp³-hybridized carbons (Fsp3) is 0.308. The molecule has 0 spiro atoms. The number of carbonyl (C=O) groups is 3. The minimum atomic E-state index is -1.32. The van der Waals surface area contributed by atoms with E-state index in [4.69, 9.17) is 14.9 Å². The molecule has 1 aromatic rings. The number of carboxylic acid groups (broad SMARTS) is 2. The van der Waals surface area contributed by atoms with E-state index >= 15 is 0 Å². The first kappa shape index (κ1) is 15.6. The molecule has 1 aromatic carbocycles. The maximum Gasteiger partial charge on any atom is 0.339 e. The second-order valence-corrected chi connectivity index (χ2v) is 4.31. The molecule has 108 valence electrons. The third kappa shape index (κ3) is 4.06. The van der Waals surface area contributed by atoms with Crippen molar-refractivity contribution in [1.29, 1.82) is 0 Å². The highest BCUT2D eigenvalue weighted by Gasteiger charge is 2.20. The summed E-state index contributed by atoms with van der Waals surface area (Å²) >= 11 is 0. The topological polar surface area (TPSA) is 104 Å². The molecule has 2 N–H and O–H groups in total. The first-order chi connectivity index (χ1) is 9.32. The third-order valence-corrected chi connectivity index (χ3v) is 2.49. The Morgan fingerprint density at radius 1 is 1.10 bits per heavy atom. The molecular weight excluding hydrogens is 266 g/mol. The van der Waals surface area contributed by atoms with Crippen molar-refractivity contribution in [3.8, 4) is 0 Å². The predicted octanol–water partition coefficient (Wildman–Crippen LogP) is 0.801. The lowest BCUT2D eigenvalue weighted by Crippen LogP contribution is -2.21. The Labute approximate surface area is 115 Å². The molecule has 0 aliphatic carbocycles. The van der Waals surface area contributed by atoms with Crippen molar-refractivity contribution in [2.45, 2.75) is 0 Å². The lowest BCUT2D eigenvalue weighted by atomic mass is 10.0. The number of hydrogen-bond acceptors (Lipinski definition) is 5. The lowest BCUT2D eigenvalue weighted by molar-refractivity contribution is 0.0472. The van der Waals surface area contributed by atoms with E-state index in [9.17, 15) is 14.4 Å². The van der Waals surface area contributed by atoms with Crippen molar-refractivity contribution >= 4 is 17.9 Å². The maximum absolute atomic E-state index is 11.8. The zero-order valence-corrected chi connectivity index (χ0v) is 11.1. The Kier molecular flexibility index (Phi) is 5.22. The van der Waals surface area contributed by atoms with Gasteiger partial charge in [0.1, 0.15) is 6.61 Å². The van der Waals surface area contributed by atoms with Gasteiger partial charge in [-0.05, 0) is 32.3 Å². The average Bonchev–Trinajstić information content (AvgIpc) is 2.37. The van der Waals surface area contributed by atoms with E-state index in [-0.39, 0.29) is 23.3 Å². The Morgan fingerprint density at radius 2 is 1.75 bits per heavy atom. The summed E-state index contributed by atoms with van der Waals surface area (Å²) in [5.41, 5.74) is -0.726. The maximum atomic E-state index is 11.8. The summed E-state index contributed by atoms with van der Waals surface area (Å²) in [5, 5.41) is 17.9. The molecule has 0 radical (unpaired) electrons. The molecule has 20 heavy (non-hydrogen) atoms. The number of rotatable bonds is 6. The second-order valence-electron chi connectivity index (χ2n) is 4.31. The normalized spacial score (nSPS) is 10.3. The summed E-state index contributed by atoms with van der Waals surface area (Å²) in [4.78, 5) is 35.5. The van der Waals surface area contributed by atoms with Crippen LogP contribution in [0, 0.1) is 0 Å². The van der Waals surface area contributed by atoms with Crippen molar-refractivity contribution in [2.75, 3.05) is 27.2 Å². The summed E-state index contributed by atoms with van der Waals surface area (Å²) in [6, 6.07) is 3.21. The monoisotopic (exact) mass is 281 g/mol. The third-order valence-electron chi connectivity index (χ3n) is 2.49. The van der Waals surface area contributed by atoms with Gasteiger partial charge in [0.15, 0.2) is 0 Å². The highest BCUT2D eigenvalue weighted by molar-refractivity contribution is 6.04. The molecule has 0 fully saturated rings. The van der Waals surface area contributed by atoms with Crippen LogP contribution in [0.25, 0.3) is 0 Å². The summed E-state index contributed by atoms with van der Waals surface area (Å²) in [7, 11) is 3.59. The molecule has 0 atom stereocenters. The highest BCUT2D eigenvalue weighted by atomic mass is 16.5. The van der Waals surface area contributed by atoms with Crippen LogP contribution in [-0.2, 0) is 4.74 Å². The Morgan fingerprint density at radius 3 is 2.25 bits per heavy atom. The Hall–Kier alpha value is -2.41. The van der Waals surface area contributed by atoms with Crippen LogP contribution in [0.4, 0.5) is 0 Å². The number of ether oxygens (including phenoxy) is 1. The molecule has 0 unspecified atom stereocenters. The smallest absolute Gasteiger partial charge is 0.339 e. The van der Waals surface area contributed by atoms with Gasteiger partial charge < -0.3 is 19.8 Å². The van der Waals surface area contributed by atoms with E-state index in [1.165, 1.54) is 0 Å². The van der Waals surface area contributed by atoms with Crippen molar-refractivity contribution in [3.63, 3.8) is 0 Å². The van der Waals surface area contributed by atoms with Crippen LogP contribution in [0.1, 0.15) is 31.1 Å². The summed E-state index contributed by atoms with van der Waals surface area (Å²) in [6.45, 7) is 0.564. The number of hydrogen-bond donors (Lipinski definition) is 2. The largest absolute Gasteiger partial charge is 0.478 e. The molecule has 0 heterocycles. The van der Waals surface area contributed by atoms with Crippen LogP contribution in [0.5, 0.6) is 0 Å². The van der Waals surface area contributed by atoms with Gasteiger partial charge in [0.2, 0.25) is 0 Å². The zero-order valence-electron chi connectivity index (χ0n) is 11.1. The van der Waals surface area contributed by atoms with E-state index in [0.29, 0.717) is 6.54 Å². The van der Waals surface area contributed by atoms with Gasteiger partial charge in [-0.15, -0.1) is 0 Å². The lowest BCUT2D eigenvalue weighted by Gasteiger charge is -2.11. The molecule has 1 rings (SSSR count). The number of likely N-dealkylation sites (N-methyl/N-ethyl adjacent to an activating group) is 1. The Balaban J connectivity index is 3.00. The Bertz CT molecular complexity index is 538. The molecule has 0 aliphatic heterocycles. The van der Waals surface area contributed by atoms with E-state index in [0.717, 1.165) is 18.2 Å². The van der Waals surface area contributed by atoms with Gasteiger partial charge in [-0.25, -0.2) is 14.4 Å². The minimum Gasteiger partial charge on any atom is -0.478 e. The van der Waals surface area contributed by atoms with Gasteiger partial charge >= 0.3 is 17.9 Å². The molecule has 0 aromatic heterocycles. The van der Waals surface area contributed by atoms with Gasteiger partial charge in [0.05, 0.1) is 16.7 Å². The van der Waals surface area contributed by atoms with E-state index in [1.54, 1.807) is 19.0 Å².